The number of halogens is 1. The molecule has 0 aliphatic rings. The van der Waals surface area contributed by atoms with Crippen molar-refractivity contribution in [1.82, 2.24) is 9.97 Å². The van der Waals surface area contributed by atoms with Crippen molar-refractivity contribution in [3.05, 3.63) is 52.9 Å². The van der Waals surface area contributed by atoms with Crippen molar-refractivity contribution in [3.63, 3.8) is 0 Å². The van der Waals surface area contributed by atoms with Crippen LogP contribution in [0.3, 0.4) is 0 Å². The van der Waals surface area contributed by atoms with E-state index in [2.05, 4.69) is 20.5 Å². The molecule has 20 heavy (non-hydrogen) atoms. The van der Waals surface area contributed by atoms with E-state index in [1.54, 1.807) is 29.7 Å². The number of nitrogens with one attached hydrogen (secondary N) is 1. The Balaban J connectivity index is 1.83. The number of fused-ring (bicyclic) bond motifs is 1. The zero-order valence-corrected chi connectivity index (χ0v) is 11.5. The van der Waals surface area contributed by atoms with E-state index < -0.39 is 0 Å². The fourth-order valence-electron chi connectivity index (χ4n) is 1.80. The van der Waals surface area contributed by atoms with E-state index in [-0.39, 0.29) is 5.82 Å². The van der Waals surface area contributed by atoms with Gasteiger partial charge in [-0.3, -0.25) is 5.43 Å². The minimum absolute atomic E-state index is 0.285. The van der Waals surface area contributed by atoms with Crippen molar-refractivity contribution in [2.24, 2.45) is 5.10 Å². The Kier molecular flexibility index (Phi) is 3.39. The lowest BCUT2D eigenvalue weighted by atomic mass is 10.2. The Hall–Kier alpha value is -2.34. The number of anilines is 1. The zero-order chi connectivity index (χ0) is 13.9. The molecule has 2 aromatic heterocycles. The van der Waals surface area contributed by atoms with Gasteiger partial charge in [-0.15, -0.1) is 11.3 Å². The SMILES string of the molecule is Cc1csc2c(NN=Cc3cccc(F)c3)ncnc12. The minimum atomic E-state index is -0.285. The summed E-state index contributed by atoms with van der Waals surface area (Å²) in [6.45, 7) is 2.01. The van der Waals surface area contributed by atoms with E-state index in [1.165, 1.54) is 18.5 Å². The maximum Gasteiger partial charge on any atom is 0.167 e. The van der Waals surface area contributed by atoms with Crippen LogP contribution in [0.5, 0.6) is 0 Å². The highest BCUT2D eigenvalue weighted by molar-refractivity contribution is 7.18. The molecule has 1 aromatic carbocycles. The molecule has 0 atom stereocenters. The molecule has 6 heteroatoms. The zero-order valence-electron chi connectivity index (χ0n) is 10.7. The lowest BCUT2D eigenvalue weighted by molar-refractivity contribution is 0.627. The highest BCUT2D eigenvalue weighted by atomic mass is 32.1. The standard InChI is InChI=1S/C14H11FN4S/c1-9-7-20-13-12(9)16-8-17-14(13)19-18-6-10-3-2-4-11(15)5-10/h2-8H,1H3,(H,16,17,19). The Bertz CT molecular complexity index is 782. The van der Waals surface area contributed by atoms with E-state index in [0.29, 0.717) is 11.4 Å². The average molecular weight is 286 g/mol. The topological polar surface area (TPSA) is 50.2 Å². The number of rotatable bonds is 3. The van der Waals surface area contributed by atoms with Crippen molar-refractivity contribution in [3.8, 4) is 0 Å². The summed E-state index contributed by atoms with van der Waals surface area (Å²) in [6.07, 6.45) is 3.06. The summed E-state index contributed by atoms with van der Waals surface area (Å²) in [5.41, 5.74) is 5.60. The lowest BCUT2D eigenvalue weighted by Gasteiger charge is -2.00. The highest BCUT2D eigenvalue weighted by Gasteiger charge is 2.06. The molecular weight excluding hydrogens is 275 g/mol. The molecule has 0 radical (unpaired) electrons. The van der Waals surface area contributed by atoms with Crippen molar-refractivity contribution in [1.29, 1.82) is 0 Å². The number of nitrogens with zero attached hydrogens (tertiary/aromatic N) is 3. The van der Waals surface area contributed by atoms with Crippen molar-refractivity contribution >= 4 is 33.6 Å². The summed E-state index contributed by atoms with van der Waals surface area (Å²) in [5, 5.41) is 6.12. The second-order valence-corrected chi connectivity index (χ2v) is 5.12. The number of hydrogen-bond donors (Lipinski definition) is 1. The van der Waals surface area contributed by atoms with Crippen LogP contribution in [0, 0.1) is 12.7 Å². The molecule has 0 amide bonds. The van der Waals surface area contributed by atoms with Gasteiger partial charge in [0.05, 0.1) is 16.4 Å². The molecular formula is C14H11FN4S. The van der Waals surface area contributed by atoms with E-state index in [9.17, 15) is 4.39 Å². The Morgan fingerprint density at radius 1 is 1.35 bits per heavy atom. The number of benzene rings is 1. The Morgan fingerprint density at radius 2 is 2.25 bits per heavy atom. The van der Waals surface area contributed by atoms with Crippen molar-refractivity contribution < 1.29 is 4.39 Å². The number of aryl methyl sites for hydroxylation is 1. The van der Waals surface area contributed by atoms with Crippen LogP contribution in [-0.4, -0.2) is 16.2 Å². The van der Waals surface area contributed by atoms with Gasteiger partial charge < -0.3 is 0 Å². The summed E-state index contributed by atoms with van der Waals surface area (Å²) < 4.78 is 14.0. The van der Waals surface area contributed by atoms with E-state index in [1.807, 2.05) is 12.3 Å². The van der Waals surface area contributed by atoms with Crippen LogP contribution in [0.1, 0.15) is 11.1 Å². The van der Waals surface area contributed by atoms with E-state index >= 15 is 0 Å². The molecule has 0 saturated heterocycles. The third-order valence-corrected chi connectivity index (χ3v) is 3.86. The summed E-state index contributed by atoms with van der Waals surface area (Å²) in [5.74, 6) is 0.369. The van der Waals surface area contributed by atoms with Gasteiger partial charge in [0.1, 0.15) is 12.1 Å². The van der Waals surface area contributed by atoms with Crippen LogP contribution in [-0.2, 0) is 0 Å². The van der Waals surface area contributed by atoms with Crippen LogP contribution in [0.15, 0.2) is 41.1 Å². The monoisotopic (exact) mass is 286 g/mol. The normalized spacial score (nSPS) is 11.3. The molecule has 4 nitrogen and oxygen atoms in total. The maximum absolute atomic E-state index is 13.0. The number of hydrazone groups is 1. The van der Waals surface area contributed by atoms with Gasteiger partial charge in [0.25, 0.3) is 0 Å². The van der Waals surface area contributed by atoms with Gasteiger partial charge in [0.15, 0.2) is 5.82 Å². The molecule has 0 unspecified atom stereocenters. The second-order valence-electron chi connectivity index (χ2n) is 4.24. The van der Waals surface area contributed by atoms with Gasteiger partial charge in [-0.05, 0) is 35.6 Å². The van der Waals surface area contributed by atoms with Crippen LogP contribution < -0.4 is 5.43 Å². The molecule has 0 spiro atoms. The molecule has 1 N–H and O–H groups in total. The first-order valence-corrected chi connectivity index (χ1v) is 6.85. The average Bonchev–Trinajstić information content (AvgIpc) is 2.82. The molecule has 0 aliphatic carbocycles. The highest BCUT2D eigenvalue weighted by Crippen LogP contribution is 2.28. The molecule has 0 bridgehead atoms. The predicted molar refractivity (Wildman–Crippen MR) is 79.8 cm³/mol. The van der Waals surface area contributed by atoms with E-state index in [4.69, 9.17) is 0 Å². The first-order chi connectivity index (χ1) is 9.74. The first kappa shape index (κ1) is 12.7. The molecule has 0 fully saturated rings. The fourth-order valence-corrected chi connectivity index (χ4v) is 2.75. The molecule has 0 saturated carbocycles. The van der Waals surface area contributed by atoms with Gasteiger partial charge in [0.2, 0.25) is 0 Å². The Labute approximate surface area is 119 Å². The van der Waals surface area contributed by atoms with Gasteiger partial charge >= 0.3 is 0 Å². The smallest absolute Gasteiger partial charge is 0.167 e. The minimum Gasteiger partial charge on any atom is -0.260 e. The predicted octanol–water partition coefficient (Wildman–Crippen LogP) is 3.58. The first-order valence-electron chi connectivity index (χ1n) is 5.97. The summed E-state index contributed by atoms with van der Waals surface area (Å²) in [6, 6.07) is 6.23. The van der Waals surface area contributed by atoms with Crippen LogP contribution in [0.2, 0.25) is 0 Å². The van der Waals surface area contributed by atoms with E-state index in [0.717, 1.165) is 15.8 Å². The van der Waals surface area contributed by atoms with Crippen LogP contribution >= 0.6 is 11.3 Å². The van der Waals surface area contributed by atoms with Crippen molar-refractivity contribution in [2.75, 3.05) is 5.43 Å². The van der Waals surface area contributed by atoms with Gasteiger partial charge in [-0.1, -0.05) is 12.1 Å². The van der Waals surface area contributed by atoms with Crippen LogP contribution in [0.4, 0.5) is 10.2 Å². The second kappa shape index (κ2) is 5.34. The quantitative estimate of drug-likeness (QED) is 0.591. The summed E-state index contributed by atoms with van der Waals surface area (Å²) >= 11 is 1.57. The van der Waals surface area contributed by atoms with Gasteiger partial charge in [-0.25, -0.2) is 14.4 Å². The van der Waals surface area contributed by atoms with Crippen LogP contribution in [0.25, 0.3) is 10.2 Å². The Morgan fingerprint density at radius 3 is 3.10 bits per heavy atom. The lowest BCUT2D eigenvalue weighted by Crippen LogP contribution is -1.94. The largest absolute Gasteiger partial charge is 0.260 e. The summed E-state index contributed by atoms with van der Waals surface area (Å²) in [4.78, 5) is 8.41. The molecule has 0 aliphatic heterocycles. The third-order valence-electron chi connectivity index (χ3n) is 2.76. The maximum atomic E-state index is 13.0. The molecule has 3 rings (SSSR count). The number of thiophene rings is 1. The molecule has 3 aromatic rings. The van der Waals surface area contributed by atoms with Gasteiger partial charge in [0, 0.05) is 0 Å². The third kappa shape index (κ3) is 2.50. The van der Waals surface area contributed by atoms with Gasteiger partial charge in [-0.2, -0.15) is 5.10 Å². The fraction of sp³-hybridized carbons (Fsp3) is 0.0714. The van der Waals surface area contributed by atoms with Crippen molar-refractivity contribution in [2.45, 2.75) is 6.92 Å². The number of hydrogen-bond acceptors (Lipinski definition) is 5. The molecule has 2 heterocycles. The number of aromatic nitrogens is 2. The summed E-state index contributed by atoms with van der Waals surface area (Å²) in [7, 11) is 0. The molecule has 100 valence electrons.